The maximum absolute atomic E-state index is 13.9. The smallest absolute Gasteiger partial charge is 0.277 e. The first-order valence-corrected chi connectivity index (χ1v) is 9.58. The lowest BCUT2D eigenvalue weighted by Crippen LogP contribution is -3.09. The monoisotopic (exact) mass is 370 g/mol. The first kappa shape index (κ1) is 19.4. The number of anilines is 1. The van der Waals surface area contributed by atoms with Gasteiger partial charge in [-0.15, -0.1) is 0 Å². The summed E-state index contributed by atoms with van der Waals surface area (Å²) in [4.78, 5) is 17.8. The zero-order chi connectivity index (χ0) is 19.4. The molecule has 0 aromatic heterocycles. The number of quaternary nitrogens is 1. The van der Waals surface area contributed by atoms with E-state index in [2.05, 4.69) is 39.1 Å². The second-order valence-corrected chi connectivity index (χ2v) is 7.56. The van der Waals surface area contributed by atoms with E-state index in [0.29, 0.717) is 38.4 Å². The first-order valence-electron chi connectivity index (χ1n) is 9.58. The molecule has 1 N–H and O–H groups in total. The summed E-state index contributed by atoms with van der Waals surface area (Å²) in [6, 6.07) is 13.3. The number of amides is 1. The van der Waals surface area contributed by atoms with E-state index in [1.54, 1.807) is 12.1 Å². The molecule has 144 valence electrons. The predicted molar refractivity (Wildman–Crippen MR) is 107 cm³/mol. The lowest BCUT2D eigenvalue weighted by Gasteiger charge is -2.36. The van der Waals surface area contributed by atoms with Crippen LogP contribution in [-0.4, -0.2) is 50.6 Å². The average molecular weight is 370 g/mol. The number of nitrogens with zero attached hydrogens (tertiary/aromatic N) is 2. The molecule has 0 spiro atoms. The van der Waals surface area contributed by atoms with E-state index in [0.717, 1.165) is 6.54 Å². The standard InChI is InChI=1S/C22H28FN3O/c1-17-8-9-19(18(2)14-17)15-24(3)16-22(27)26-12-10-25(11-13-26)21-7-5-4-6-20(21)23/h4-9,14H,10-13,15-16H2,1-3H3/p+1. The molecule has 3 rings (SSSR count). The molecule has 1 heterocycles. The van der Waals surface area contributed by atoms with Crippen LogP contribution in [0.15, 0.2) is 42.5 Å². The second-order valence-electron chi connectivity index (χ2n) is 7.56. The topological polar surface area (TPSA) is 28.0 Å². The van der Waals surface area contributed by atoms with Gasteiger partial charge < -0.3 is 14.7 Å². The van der Waals surface area contributed by atoms with Crippen molar-refractivity contribution in [1.29, 1.82) is 0 Å². The summed E-state index contributed by atoms with van der Waals surface area (Å²) in [7, 11) is 2.06. The Morgan fingerprint density at radius 3 is 2.44 bits per heavy atom. The molecule has 27 heavy (non-hydrogen) atoms. The highest BCUT2D eigenvalue weighted by Gasteiger charge is 2.24. The molecule has 1 fully saturated rings. The fraction of sp³-hybridized carbons (Fsp3) is 0.409. The van der Waals surface area contributed by atoms with E-state index in [1.807, 2.05) is 15.9 Å². The van der Waals surface area contributed by atoms with E-state index >= 15 is 0 Å². The van der Waals surface area contributed by atoms with Gasteiger partial charge in [0, 0.05) is 31.7 Å². The number of rotatable bonds is 5. The Bertz CT molecular complexity index is 800. The number of carbonyl (C=O) groups excluding carboxylic acids is 1. The third-order valence-corrected chi connectivity index (χ3v) is 5.27. The molecule has 2 aromatic rings. The number of hydrogen-bond donors (Lipinski definition) is 1. The molecular weight excluding hydrogens is 341 g/mol. The van der Waals surface area contributed by atoms with Crippen LogP contribution < -0.4 is 9.80 Å². The van der Waals surface area contributed by atoms with E-state index < -0.39 is 0 Å². The Hall–Kier alpha value is -2.40. The Labute approximate surface area is 161 Å². The molecular formula is C22H29FN3O+. The number of benzene rings is 2. The van der Waals surface area contributed by atoms with Crippen molar-refractivity contribution in [2.45, 2.75) is 20.4 Å². The molecule has 0 radical (unpaired) electrons. The van der Waals surface area contributed by atoms with Crippen LogP contribution in [0.1, 0.15) is 16.7 Å². The van der Waals surface area contributed by atoms with Gasteiger partial charge in [0.2, 0.25) is 0 Å². The molecule has 0 aliphatic carbocycles. The summed E-state index contributed by atoms with van der Waals surface area (Å²) in [6.07, 6.45) is 0. The van der Waals surface area contributed by atoms with Gasteiger partial charge in [-0.1, -0.05) is 35.9 Å². The van der Waals surface area contributed by atoms with E-state index in [4.69, 9.17) is 0 Å². The van der Waals surface area contributed by atoms with Crippen LogP contribution in [0.2, 0.25) is 0 Å². The Balaban J connectivity index is 1.51. The summed E-state index contributed by atoms with van der Waals surface area (Å²) < 4.78 is 13.9. The van der Waals surface area contributed by atoms with Gasteiger partial charge in [0.25, 0.3) is 5.91 Å². The van der Waals surface area contributed by atoms with Crippen molar-refractivity contribution in [3.63, 3.8) is 0 Å². The van der Waals surface area contributed by atoms with E-state index in [1.165, 1.54) is 27.7 Å². The van der Waals surface area contributed by atoms with Gasteiger partial charge in [-0.05, 0) is 31.5 Å². The largest absolute Gasteiger partial charge is 0.366 e. The van der Waals surface area contributed by atoms with Crippen molar-refractivity contribution >= 4 is 11.6 Å². The fourth-order valence-electron chi connectivity index (χ4n) is 3.71. The molecule has 4 nitrogen and oxygen atoms in total. The molecule has 1 saturated heterocycles. The minimum Gasteiger partial charge on any atom is -0.366 e. The summed E-state index contributed by atoms with van der Waals surface area (Å²) in [6.45, 7) is 8.16. The van der Waals surface area contributed by atoms with Crippen molar-refractivity contribution in [2.75, 3.05) is 44.7 Å². The Kier molecular flexibility index (Phi) is 6.11. The molecule has 1 unspecified atom stereocenters. The molecule has 0 saturated carbocycles. The number of likely N-dealkylation sites (N-methyl/N-ethyl adjacent to an activating group) is 1. The van der Waals surface area contributed by atoms with Crippen LogP contribution in [0.4, 0.5) is 10.1 Å². The number of hydrogen-bond acceptors (Lipinski definition) is 2. The van der Waals surface area contributed by atoms with Crippen LogP contribution in [-0.2, 0) is 11.3 Å². The minimum atomic E-state index is -0.199. The molecule has 2 aromatic carbocycles. The molecule has 5 heteroatoms. The minimum absolute atomic E-state index is 0.172. The summed E-state index contributed by atoms with van der Waals surface area (Å²) in [5, 5.41) is 0. The zero-order valence-corrected chi connectivity index (χ0v) is 16.5. The van der Waals surface area contributed by atoms with Crippen LogP contribution in [0, 0.1) is 19.7 Å². The third-order valence-electron chi connectivity index (χ3n) is 5.27. The molecule has 1 aliphatic rings. The summed E-state index contributed by atoms with van der Waals surface area (Å²) in [5.74, 6) is -0.0274. The first-order chi connectivity index (χ1) is 12.9. The SMILES string of the molecule is Cc1ccc(C[NH+](C)CC(=O)N2CCN(c3ccccc3F)CC2)c(C)c1. The number of carbonyl (C=O) groups is 1. The van der Waals surface area contributed by atoms with Crippen LogP contribution in [0.3, 0.4) is 0 Å². The summed E-state index contributed by atoms with van der Waals surface area (Å²) in [5.41, 5.74) is 4.45. The quantitative estimate of drug-likeness (QED) is 0.869. The number of para-hydroxylation sites is 1. The van der Waals surface area contributed by atoms with Crippen molar-refractivity contribution in [2.24, 2.45) is 0 Å². The molecule has 1 atom stereocenters. The number of aryl methyl sites for hydroxylation is 2. The van der Waals surface area contributed by atoms with E-state index in [-0.39, 0.29) is 11.7 Å². The average Bonchev–Trinajstić information content (AvgIpc) is 2.64. The Morgan fingerprint density at radius 1 is 1.07 bits per heavy atom. The van der Waals surface area contributed by atoms with Gasteiger partial charge in [0.05, 0.1) is 12.7 Å². The normalized spacial score (nSPS) is 15.7. The van der Waals surface area contributed by atoms with Gasteiger partial charge in [0.15, 0.2) is 6.54 Å². The van der Waals surface area contributed by atoms with E-state index in [9.17, 15) is 9.18 Å². The lowest BCUT2D eigenvalue weighted by atomic mass is 10.1. The van der Waals surface area contributed by atoms with Crippen LogP contribution in [0.25, 0.3) is 0 Å². The number of halogens is 1. The highest BCUT2D eigenvalue weighted by atomic mass is 19.1. The van der Waals surface area contributed by atoms with Crippen molar-refractivity contribution in [3.05, 3.63) is 65.0 Å². The van der Waals surface area contributed by atoms with Crippen molar-refractivity contribution in [1.82, 2.24) is 4.90 Å². The fourth-order valence-corrected chi connectivity index (χ4v) is 3.71. The third kappa shape index (κ3) is 4.86. The Morgan fingerprint density at radius 2 is 1.78 bits per heavy atom. The second kappa shape index (κ2) is 8.53. The van der Waals surface area contributed by atoms with Crippen molar-refractivity contribution < 1.29 is 14.1 Å². The maximum atomic E-state index is 13.9. The maximum Gasteiger partial charge on any atom is 0.277 e. The highest BCUT2D eigenvalue weighted by Crippen LogP contribution is 2.20. The number of nitrogens with one attached hydrogen (secondary N) is 1. The molecule has 0 bridgehead atoms. The zero-order valence-electron chi connectivity index (χ0n) is 16.5. The van der Waals surface area contributed by atoms with Gasteiger partial charge in [-0.3, -0.25) is 4.79 Å². The van der Waals surface area contributed by atoms with Crippen LogP contribution in [0.5, 0.6) is 0 Å². The molecule has 1 aliphatic heterocycles. The number of piperazine rings is 1. The van der Waals surface area contributed by atoms with Crippen molar-refractivity contribution in [3.8, 4) is 0 Å². The van der Waals surface area contributed by atoms with Gasteiger partial charge in [-0.25, -0.2) is 4.39 Å². The van der Waals surface area contributed by atoms with Gasteiger partial charge in [0.1, 0.15) is 12.4 Å². The highest BCUT2D eigenvalue weighted by molar-refractivity contribution is 5.77. The predicted octanol–water partition coefficient (Wildman–Crippen LogP) is 1.81. The molecule has 1 amide bonds. The van der Waals surface area contributed by atoms with Gasteiger partial charge >= 0.3 is 0 Å². The van der Waals surface area contributed by atoms with Crippen LogP contribution >= 0.6 is 0 Å². The lowest BCUT2D eigenvalue weighted by molar-refractivity contribution is -0.885. The summed E-state index contributed by atoms with van der Waals surface area (Å²) >= 11 is 0. The van der Waals surface area contributed by atoms with Gasteiger partial charge in [-0.2, -0.15) is 0 Å².